The van der Waals surface area contributed by atoms with Gasteiger partial charge in [0.1, 0.15) is 0 Å². The lowest BCUT2D eigenvalue weighted by molar-refractivity contribution is -0.150. The number of amides is 1. The maximum atomic E-state index is 11.7. The smallest absolute Gasteiger partial charge is 0.336 e. The highest BCUT2D eigenvalue weighted by molar-refractivity contribution is 5.82. The number of carboxylic acid groups (broad SMARTS) is 1. The molecular formula is C11H17NO6. The summed E-state index contributed by atoms with van der Waals surface area (Å²) in [5.41, 5.74) is 0. The molecular weight excluding hydrogens is 242 g/mol. The van der Waals surface area contributed by atoms with Crippen LogP contribution in [0.1, 0.15) is 19.3 Å². The third-order valence-electron chi connectivity index (χ3n) is 3.10. The van der Waals surface area contributed by atoms with E-state index in [1.54, 1.807) is 0 Å². The van der Waals surface area contributed by atoms with Gasteiger partial charge in [-0.25, -0.2) is 4.79 Å². The summed E-state index contributed by atoms with van der Waals surface area (Å²) >= 11 is 0. The summed E-state index contributed by atoms with van der Waals surface area (Å²) in [4.78, 5) is 33.3. The Morgan fingerprint density at radius 1 is 1.33 bits per heavy atom. The van der Waals surface area contributed by atoms with Crippen molar-refractivity contribution in [3.05, 3.63) is 0 Å². The van der Waals surface area contributed by atoms with Gasteiger partial charge in [-0.05, 0) is 19.3 Å². The summed E-state index contributed by atoms with van der Waals surface area (Å²) in [6.07, 6.45) is -0.102. The maximum absolute atomic E-state index is 11.7. The van der Waals surface area contributed by atoms with E-state index in [1.165, 1.54) is 0 Å². The number of ether oxygens (including phenoxy) is 1. The van der Waals surface area contributed by atoms with Crippen LogP contribution < -0.4 is 5.32 Å². The van der Waals surface area contributed by atoms with Crippen LogP contribution in [-0.2, 0) is 19.1 Å². The molecule has 1 fully saturated rings. The van der Waals surface area contributed by atoms with Crippen molar-refractivity contribution in [3.8, 4) is 0 Å². The highest BCUT2D eigenvalue weighted by Gasteiger charge is 2.34. The van der Waals surface area contributed by atoms with Crippen molar-refractivity contribution in [1.29, 1.82) is 0 Å². The van der Waals surface area contributed by atoms with Crippen LogP contribution in [0.3, 0.4) is 0 Å². The molecule has 0 radical (unpaired) electrons. The largest absolute Gasteiger partial charge is 0.481 e. The van der Waals surface area contributed by atoms with Crippen LogP contribution in [0, 0.1) is 11.8 Å². The van der Waals surface area contributed by atoms with E-state index in [0.29, 0.717) is 19.3 Å². The predicted octanol–water partition coefficient (Wildman–Crippen LogP) is -0.863. The normalized spacial score (nSPS) is 24.3. The Labute approximate surface area is 104 Å². The molecule has 0 spiro atoms. The highest BCUT2D eigenvalue weighted by atomic mass is 16.5. The third kappa shape index (κ3) is 3.69. The molecule has 0 heterocycles. The molecule has 1 aliphatic rings. The minimum Gasteiger partial charge on any atom is -0.481 e. The summed E-state index contributed by atoms with van der Waals surface area (Å²) in [6, 6.07) is 0. The number of nitrogens with one attached hydrogen (secondary N) is 1. The number of aliphatic hydroxyl groups is 1. The number of carboxylic acids is 1. The molecule has 7 nitrogen and oxygen atoms in total. The summed E-state index contributed by atoms with van der Waals surface area (Å²) in [5, 5.41) is 20.5. The zero-order valence-corrected chi connectivity index (χ0v) is 10.1. The van der Waals surface area contributed by atoms with Crippen LogP contribution in [-0.4, -0.2) is 47.8 Å². The zero-order valence-electron chi connectivity index (χ0n) is 10.1. The molecule has 7 heteroatoms. The van der Waals surface area contributed by atoms with Gasteiger partial charge in [0.25, 0.3) is 0 Å². The van der Waals surface area contributed by atoms with E-state index in [9.17, 15) is 19.5 Å². The molecule has 3 atom stereocenters. The average Bonchev–Trinajstić information content (AvgIpc) is 2.84. The van der Waals surface area contributed by atoms with Gasteiger partial charge < -0.3 is 20.3 Å². The van der Waals surface area contributed by atoms with Gasteiger partial charge in [0.2, 0.25) is 5.91 Å². The SMILES string of the molecule is COC(=O)C(O)CNC(=O)[C@@H]1CC[C@H](C(=O)O)C1. The fraction of sp³-hybridized carbons (Fsp3) is 0.727. The van der Waals surface area contributed by atoms with Crippen LogP contribution in [0.4, 0.5) is 0 Å². The first-order valence-corrected chi connectivity index (χ1v) is 5.72. The summed E-state index contributed by atoms with van der Waals surface area (Å²) in [5.74, 6) is -2.88. The standard InChI is InChI=1S/C11H17NO6/c1-18-11(17)8(13)5-12-9(14)6-2-3-7(4-6)10(15)16/h6-8,13H,2-5H2,1H3,(H,12,14)(H,15,16)/t6-,7+,8?/m1/s1. The van der Waals surface area contributed by atoms with Gasteiger partial charge in [-0.3, -0.25) is 9.59 Å². The van der Waals surface area contributed by atoms with E-state index in [4.69, 9.17) is 5.11 Å². The van der Waals surface area contributed by atoms with E-state index in [2.05, 4.69) is 10.1 Å². The minimum atomic E-state index is -1.39. The molecule has 0 aromatic rings. The Balaban J connectivity index is 2.34. The van der Waals surface area contributed by atoms with Gasteiger partial charge >= 0.3 is 11.9 Å². The van der Waals surface area contributed by atoms with Crippen LogP contribution in [0.2, 0.25) is 0 Å². The van der Waals surface area contributed by atoms with Crippen LogP contribution >= 0.6 is 0 Å². The first-order valence-electron chi connectivity index (χ1n) is 5.72. The molecule has 3 N–H and O–H groups in total. The Kier molecular flexibility index (Phi) is 5.08. The Hall–Kier alpha value is -1.63. The molecule has 1 unspecified atom stereocenters. The molecule has 0 aromatic heterocycles. The maximum Gasteiger partial charge on any atom is 0.336 e. The van der Waals surface area contributed by atoms with E-state index in [0.717, 1.165) is 7.11 Å². The van der Waals surface area contributed by atoms with E-state index >= 15 is 0 Å². The van der Waals surface area contributed by atoms with Gasteiger partial charge in [0.05, 0.1) is 19.6 Å². The number of hydrogen-bond acceptors (Lipinski definition) is 5. The number of hydrogen-bond donors (Lipinski definition) is 3. The molecule has 0 bridgehead atoms. The topological polar surface area (TPSA) is 113 Å². The van der Waals surface area contributed by atoms with Crippen molar-refractivity contribution in [1.82, 2.24) is 5.32 Å². The molecule has 18 heavy (non-hydrogen) atoms. The van der Waals surface area contributed by atoms with E-state index in [-0.39, 0.29) is 18.4 Å². The van der Waals surface area contributed by atoms with Crippen molar-refractivity contribution >= 4 is 17.8 Å². The monoisotopic (exact) mass is 259 g/mol. The Bertz CT molecular complexity index is 342. The number of carbonyl (C=O) groups excluding carboxylic acids is 2. The summed E-state index contributed by atoms with van der Waals surface area (Å²) in [7, 11) is 1.14. The number of aliphatic carboxylic acids is 1. The zero-order chi connectivity index (χ0) is 13.7. The number of aliphatic hydroxyl groups excluding tert-OH is 1. The fourth-order valence-corrected chi connectivity index (χ4v) is 2.00. The second kappa shape index (κ2) is 6.34. The molecule has 1 amide bonds. The van der Waals surface area contributed by atoms with Gasteiger partial charge in [-0.15, -0.1) is 0 Å². The van der Waals surface area contributed by atoms with Crippen LogP contribution in [0.25, 0.3) is 0 Å². The van der Waals surface area contributed by atoms with E-state index in [1.807, 2.05) is 0 Å². The summed E-state index contributed by atoms with van der Waals surface area (Å²) in [6.45, 7) is -0.222. The van der Waals surface area contributed by atoms with Crippen molar-refractivity contribution in [2.75, 3.05) is 13.7 Å². The third-order valence-corrected chi connectivity index (χ3v) is 3.10. The molecule has 102 valence electrons. The van der Waals surface area contributed by atoms with Crippen molar-refractivity contribution < 1.29 is 29.3 Å². The minimum absolute atomic E-state index is 0.222. The van der Waals surface area contributed by atoms with Crippen LogP contribution in [0.15, 0.2) is 0 Å². The second-order valence-electron chi connectivity index (χ2n) is 4.33. The molecule has 1 aliphatic carbocycles. The number of esters is 1. The van der Waals surface area contributed by atoms with Gasteiger partial charge in [0.15, 0.2) is 6.10 Å². The van der Waals surface area contributed by atoms with Gasteiger partial charge in [-0.2, -0.15) is 0 Å². The van der Waals surface area contributed by atoms with E-state index < -0.39 is 24.0 Å². The molecule has 0 aromatic carbocycles. The molecule has 0 aliphatic heterocycles. The van der Waals surface area contributed by atoms with Gasteiger partial charge in [-0.1, -0.05) is 0 Å². The van der Waals surface area contributed by atoms with Crippen molar-refractivity contribution in [2.45, 2.75) is 25.4 Å². The lowest BCUT2D eigenvalue weighted by Gasteiger charge is -2.13. The number of methoxy groups -OCH3 is 1. The fourth-order valence-electron chi connectivity index (χ4n) is 2.00. The Morgan fingerprint density at radius 2 is 1.94 bits per heavy atom. The van der Waals surface area contributed by atoms with Crippen molar-refractivity contribution in [3.63, 3.8) is 0 Å². The van der Waals surface area contributed by atoms with Crippen LogP contribution in [0.5, 0.6) is 0 Å². The average molecular weight is 259 g/mol. The quantitative estimate of drug-likeness (QED) is 0.554. The first-order chi connectivity index (χ1) is 8.45. The lowest BCUT2D eigenvalue weighted by atomic mass is 10.0. The molecule has 1 saturated carbocycles. The lowest BCUT2D eigenvalue weighted by Crippen LogP contribution is -2.39. The molecule has 0 saturated heterocycles. The highest BCUT2D eigenvalue weighted by Crippen LogP contribution is 2.30. The predicted molar refractivity (Wildman–Crippen MR) is 59.5 cm³/mol. The number of rotatable bonds is 5. The molecule has 1 rings (SSSR count). The first kappa shape index (κ1) is 14.4. The number of carbonyl (C=O) groups is 3. The Morgan fingerprint density at radius 3 is 2.44 bits per heavy atom. The van der Waals surface area contributed by atoms with Gasteiger partial charge in [0, 0.05) is 5.92 Å². The van der Waals surface area contributed by atoms with Crippen molar-refractivity contribution in [2.24, 2.45) is 11.8 Å². The second-order valence-corrected chi connectivity index (χ2v) is 4.33. The summed E-state index contributed by atoms with van der Waals surface area (Å²) < 4.78 is 4.30.